The van der Waals surface area contributed by atoms with Gasteiger partial charge in [0.05, 0.1) is 25.3 Å². The Morgan fingerprint density at radius 1 is 1.44 bits per heavy atom. The summed E-state index contributed by atoms with van der Waals surface area (Å²) in [5, 5.41) is 7.97. The number of anilines is 1. The average molecular weight is 440 g/mol. The number of likely N-dealkylation sites (tertiary alicyclic amines) is 1. The summed E-state index contributed by atoms with van der Waals surface area (Å²) >= 11 is 3.40. The fourth-order valence-electron chi connectivity index (χ4n) is 3.28. The molecular weight excluding hydrogens is 414 g/mol. The van der Waals surface area contributed by atoms with Gasteiger partial charge in [-0.25, -0.2) is 9.64 Å². The van der Waals surface area contributed by atoms with Gasteiger partial charge in [-0.05, 0) is 56.0 Å². The summed E-state index contributed by atoms with van der Waals surface area (Å²) in [6.45, 7) is 13.9. The summed E-state index contributed by atoms with van der Waals surface area (Å²) < 4.78 is 13.3. The van der Waals surface area contributed by atoms with Gasteiger partial charge in [0, 0.05) is 19.7 Å². The second kappa shape index (κ2) is 7.68. The van der Waals surface area contributed by atoms with Crippen LogP contribution in [0.25, 0.3) is 4.85 Å². The first kappa shape index (κ1) is 20.0. The Labute approximate surface area is 168 Å². The second-order valence-corrected chi connectivity index (χ2v) is 8.85. The van der Waals surface area contributed by atoms with Gasteiger partial charge in [0.2, 0.25) is 0 Å². The van der Waals surface area contributed by atoms with E-state index in [2.05, 4.69) is 31.2 Å². The molecule has 1 aliphatic heterocycles. The number of aromatic nitrogens is 2. The molecule has 0 aromatic carbocycles. The van der Waals surface area contributed by atoms with E-state index in [0.29, 0.717) is 35.9 Å². The first-order valence-corrected chi connectivity index (χ1v) is 9.93. The Hall–Kier alpha value is -1.79. The fraction of sp³-hybridized carbons (Fsp3) is 0.722. The minimum absolute atomic E-state index is 0.0503. The van der Waals surface area contributed by atoms with E-state index in [1.54, 1.807) is 12.0 Å². The molecule has 1 aliphatic carbocycles. The quantitative estimate of drug-likeness (QED) is 0.702. The van der Waals surface area contributed by atoms with Gasteiger partial charge in [-0.1, -0.05) is 0 Å². The lowest BCUT2D eigenvalue weighted by Crippen LogP contribution is -2.41. The van der Waals surface area contributed by atoms with E-state index in [1.165, 1.54) is 0 Å². The van der Waals surface area contributed by atoms with Crippen molar-refractivity contribution in [1.82, 2.24) is 14.7 Å². The molecule has 2 heterocycles. The van der Waals surface area contributed by atoms with Crippen molar-refractivity contribution < 1.29 is 14.3 Å². The largest absolute Gasteiger partial charge is 0.444 e. The van der Waals surface area contributed by atoms with Gasteiger partial charge in [-0.2, -0.15) is 5.10 Å². The predicted molar refractivity (Wildman–Crippen MR) is 105 cm³/mol. The average Bonchev–Trinajstić information content (AvgIpc) is 3.19. The fourth-order valence-corrected chi connectivity index (χ4v) is 3.73. The molecule has 2 atom stereocenters. The maximum absolute atomic E-state index is 12.7. The molecule has 1 amide bonds. The predicted octanol–water partition coefficient (Wildman–Crippen LogP) is 3.97. The molecule has 8 nitrogen and oxygen atoms in total. The highest BCUT2D eigenvalue weighted by molar-refractivity contribution is 9.10. The summed E-state index contributed by atoms with van der Waals surface area (Å²) in [5.74, 6) is 0.728. The SMILES string of the molecule is [C-]#[N+]c1c(Br)nn([C@H]2C[C@H](COC)N(C(=O)OC(C)(C)C)C2)c1NC1CC1. The third-order valence-electron chi connectivity index (χ3n) is 4.60. The van der Waals surface area contributed by atoms with E-state index in [9.17, 15) is 4.79 Å². The zero-order chi connectivity index (χ0) is 19.8. The number of hydrogen-bond acceptors (Lipinski definition) is 5. The lowest BCUT2D eigenvalue weighted by atomic mass is 10.2. The van der Waals surface area contributed by atoms with Crippen LogP contribution in [0.1, 0.15) is 46.1 Å². The Balaban J connectivity index is 1.85. The van der Waals surface area contributed by atoms with Crippen molar-refractivity contribution in [2.75, 3.05) is 25.6 Å². The number of methoxy groups -OCH3 is 1. The molecule has 0 bridgehead atoms. The zero-order valence-corrected chi connectivity index (χ0v) is 17.7. The van der Waals surface area contributed by atoms with Crippen molar-refractivity contribution in [2.45, 2.75) is 63.8 Å². The molecule has 148 valence electrons. The van der Waals surface area contributed by atoms with Crippen LogP contribution < -0.4 is 5.32 Å². The van der Waals surface area contributed by atoms with Crippen molar-refractivity contribution in [1.29, 1.82) is 0 Å². The number of hydrogen-bond donors (Lipinski definition) is 1. The van der Waals surface area contributed by atoms with Gasteiger partial charge in [-0.15, -0.1) is 0 Å². The van der Waals surface area contributed by atoms with Crippen LogP contribution in [0.3, 0.4) is 0 Å². The molecule has 27 heavy (non-hydrogen) atoms. The topological polar surface area (TPSA) is 73.0 Å². The Morgan fingerprint density at radius 3 is 2.70 bits per heavy atom. The molecule has 2 fully saturated rings. The van der Waals surface area contributed by atoms with Crippen molar-refractivity contribution in [3.63, 3.8) is 0 Å². The van der Waals surface area contributed by atoms with E-state index in [-0.39, 0.29) is 18.2 Å². The van der Waals surface area contributed by atoms with Gasteiger partial charge < -0.3 is 19.7 Å². The van der Waals surface area contributed by atoms with E-state index in [1.807, 2.05) is 25.5 Å². The van der Waals surface area contributed by atoms with E-state index in [0.717, 1.165) is 18.7 Å². The molecule has 9 heteroatoms. The van der Waals surface area contributed by atoms with Crippen LogP contribution in [-0.4, -0.2) is 58.7 Å². The maximum atomic E-state index is 12.7. The van der Waals surface area contributed by atoms with E-state index >= 15 is 0 Å². The van der Waals surface area contributed by atoms with Gasteiger partial charge >= 0.3 is 6.09 Å². The smallest absolute Gasteiger partial charge is 0.410 e. The van der Waals surface area contributed by atoms with Crippen LogP contribution in [0.4, 0.5) is 16.3 Å². The van der Waals surface area contributed by atoms with Crippen molar-refractivity contribution in [3.05, 3.63) is 16.0 Å². The molecular formula is C18H26BrN5O3. The lowest BCUT2D eigenvalue weighted by molar-refractivity contribution is 0.0145. The highest BCUT2D eigenvalue weighted by Crippen LogP contribution is 2.41. The summed E-state index contributed by atoms with van der Waals surface area (Å²) in [6.07, 6.45) is 2.54. The number of halogens is 1. The Bertz CT molecular complexity index is 747. The number of nitrogens with one attached hydrogen (secondary N) is 1. The maximum Gasteiger partial charge on any atom is 0.410 e. The van der Waals surface area contributed by atoms with E-state index < -0.39 is 5.60 Å². The second-order valence-electron chi connectivity index (χ2n) is 8.09. The molecule has 0 radical (unpaired) electrons. The van der Waals surface area contributed by atoms with Crippen molar-refractivity contribution >= 4 is 33.5 Å². The number of amides is 1. The Kier molecular flexibility index (Phi) is 5.68. The third-order valence-corrected chi connectivity index (χ3v) is 5.13. The highest BCUT2D eigenvalue weighted by Gasteiger charge is 2.40. The minimum atomic E-state index is -0.558. The summed E-state index contributed by atoms with van der Waals surface area (Å²) in [4.78, 5) is 18.0. The van der Waals surface area contributed by atoms with E-state index in [4.69, 9.17) is 16.0 Å². The molecule has 1 aromatic heterocycles. The normalized spacial score (nSPS) is 22.6. The monoisotopic (exact) mass is 439 g/mol. The van der Waals surface area contributed by atoms with Gasteiger partial charge in [0.25, 0.3) is 5.69 Å². The number of nitrogens with zero attached hydrogens (tertiary/aromatic N) is 4. The lowest BCUT2D eigenvalue weighted by Gasteiger charge is -2.28. The minimum Gasteiger partial charge on any atom is -0.444 e. The summed E-state index contributed by atoms with van der Waals surface area (Å²) in [7, 11) is 1.63. The van der Waals surface area contributed by atoms with Crippen LogP contribution in [-0.2, 0) is 9.47 Å². The molecule has 3 rings (SSSR count). The highest BCUT2D eigenvalue weighted by atomic mass is 79.9. The van der Waals surface area contributed by atoms with Crippen LogP contribution in [0.15, 0.2) is 4.60 Å². The molecule has 1 saturated carbocycles. The van der Waals surface area contributed by atoms with Crippen LogP contribution in [0, 0.1) is 6.57 Å². The van der Waals surface area contributed by atoms with Gasteiger partial charge in [0.15, 0.2) is 0 Å². The first-order valence-electron chi connectivity index (χ1n) is 9.14. The van der Waals surface area contributed by atoms with Crippen molar-refractivity contribution in [2.24, 2.45) is 0 Å². The standard InChI is InChI=1S/C18H26BrN5O3/c1-18(2,3)27-17(25)23-9-12(8-13(23)10-26-5)24-16(21-11-6-7-11)14(20-4)15(19)22-24/h11-13,21H,6-10H2,1-3,5H3/t12-,13+/m0/s1. The van der Waals surface area contributed by atoms with Crippen molar-refractivity contribution in [3.8, 4) is 0 Å². The zero-order valence-electron chi connectivity index (χ0n) is 16.2. The third kappa shape index (κ3) is 4.55. The first-order chi connectivity index (χ1) is 12.7. The summed E-state index contributed by atoms with van der Waals surface area (Å²) in [6, 6.07) is 0.250. The molecule has 1 saturated heterocycles. The molecule has 1 aromatic rings. The molecule has 0 unspecified atom stereocenters. The number of rotatable bonds is 5. The number of carbonyl (C=O) groups excluding carboxylic acids is 1. The molecule has 2 aliphatic rings. The number of ether oxygens (including phenoxy) is 2. The molecule has 0 spiro atoms. The van der Waals surface area contributed by atoms with Gasteiger partial charge in [0.1, 0.15) is 16.0 Å². The number of carbonyl (C=O) groups is 1. The van der Waals surface area contributed by atoms with Crippen LogP contribution in [0.2, 0.25) is 0 Å². The van der Waals surface area contributed by atoms with Crippen LogP contribution in [0.5, 0.6) is 0 Å². The van der Waals surface area contributed by atoms with Crippen LogP contribution >= 0.6 is 15.9 Å². The van der Waals surface area contributed by atoms with Gasteiger partial charge in [-0.3, -0.25) is 4.68 Å². The molecule has 1 N–H and O–H groups in total. The Morgan fingerprint density at radius 2 is 2.15 bits per heavy atom. The summed E-state index contributed by atoms with van der Waals surface area (Å²) in [5.41, 5.74) is -0.0711.